The van der Waals surface area contributed by atoms with Gasteiger partial charge in [0.15, 0.2) is 5.82 Å². The molecule has 2 atom stereocenters. The first-order chi connectivity index (χ1) is 8.34. The fraction of sp³-hybridized carbons (Fsp3) is 0.417. The van der Waals surface area contributed by atoms with Crippen LogP contribution in [-0.2, 0) is 6.42 Å². The van der Waals surface area contributed by atoms with Crippen molar-refractivity contribution < 1.29 is 0 Å². The first-order valence-electron chi connectivity index (χ1n) is 5.92. The fourth-order valence-electron chi connectivity index (χ4n) is 2.46. The number of rotatable bonds is 3. The minimum atomic E-state index is 0.116. The van der Waals surface area contributed by atoms with Gasteiger partial charge >= 0.3 is 0 Å². The Kier molecular flexibility index (Phi) is 2.60. The van der Waals surface area contributed by atoms with Crippen LogP contribution in [0.25, 0.3) is 0 Å². The quantitative estimate of drug-likeness (QED) is 0.837. The highest BCUT2D eigenvalue weighted by molar-refractivity contribution is 5.34. The topological polar surface area (TPSA) is 66.5 Å². The number of hydrogen-bond donors (Lipinski definition) is 2. The molecule has 0 spiro atoms. The van der Waals surface area contributed by atoms with E-state index < -0.39 is 0 Å². The lowest BCUT2D eigenvalue weighted by Crippen LogP contribution is -2.23. The van der Waals surface area contributed by atoms with Crippen LogP contribution < -0.4 is 5.32 Å². The zero-order chi connectivity index (χ0) is 11.7. The second-order valence-corrected chi connectivity index (χ2v) is 4.45. The van der Waals surface area contributed by atoms with Gasteiger partial charge in [-0.25, -0.2) is 0 Å². The summed E-state index contributed by atoms with van der Waals surface area (Å²) in [5.41, 5.74) is 2.85. The molecule has 1 aromatic carbocycles. The number of aryl methyl sites for hydroxylation is 1. The van der Waals surface area contributed by atoms with Gasteiger partial charge in [0.25, 0.3) is 0 Å². The van der Waals surface area contributed by atoms with Crippen LogP contribution in [0, 0.1) is 0 Å². The molecule has 1 aromatic heterocycles. The third-order valence-electron chi connectivity index (χ3n) is 3.33. The molecule has 0 saturated heterocycles. The van der Waals surface area contributed by atoms with Crippen molar-refractivity contribution in [3.8, 4) is 0 Å². The minimum Gasteiger partial charge on any atom is -0.300 e. The predicted octanol–water partition coefficient (Wildman–Crippen LogP) is 1.54. The standard InChI is InChI=1S/C12H15N5/c1-8(12-14-16-17-15-12)13-11-7-6-9-4-2-3-5-10(9)11/h2-5,8,11,13H,6-7H2,1H3,(H,14,15,16,17). The van der Waals surface area contributed by atoms with E-state index in [1.807, 2.05) is 0 Å². The number of nitrogens with one attached hydrogen (secondary N) is 2. The van der Waals surface area contributed by atoms with Crippen molar-refractivity contribution >= 4 is 0 Å². The van der Waals surface area contributed by atoms with Crippen molar-refractivity contribution in [3.63, 3.8) is 0 Å². The molecule has 0 radical (unpaired) electrons. The minimum absolute atomic E-state index is 0.116. The lowest BCUT2D eigenvalue weighted by molar-refractivity contribution is 0.450. The van der Waals surface area contributed by atoms with E-state index in [-0.39, 0.29) is 6.04 Å². The molecule has 1 aliphatic carbocycles. The highest BCUT2D eigenvalue weighted by Crippen LogP contribution is 2.32. The molecular formula is C12H15N5. The van der Waals surface area contributed by atoms with Gasteiger partial charge in [-0.3, -0.25) is 0 Å². The molecule has 0 bridgehead atoms. The highest BCUT2D eigenvalue weighted by Gasteiger charge is 2.24. The summed E-state index contributed by atoms with van der Waals surface area (Å²) in [6, 6.07) is 9.12. The van der Waals surface area contributed by atoms with E-state index >= 15 is 0 Å². The predicted molar refractivity (Wildman–Crippen MR) is 63.2 cm³/mol. The molecule has 5 heteroatoms. The van der Waals surface area contributed by atoms with E-state index in [2.05, 4.69) is 57.1 Å². The number of aromatic amines is 1. The first kappa shape index (κ1) is 10.4. The smallest absolute Gasteiger partial charge is 0.191 e. The van der Waals surface area contributed by atoms with Gasteiger partial charge in [-0.1, -0.05) is 29.5 Å². The van der Waals surface area contributed by atoms with Gasteiger partial charge in [-0.15, -0.1) is 10.2 Å². The van der Waals surface area contributed by atoms with Gasteiger partial charge in [0, 0.05) is 6.04 Å². The summed E-state index contributed by atoms with van der Waals surface area (Å²) in [6.45, 7) is 2.06. The molecule has 2 N–H and O–H groups in total. The molecule has 3 rings (SSSR count). The Morgan fingerprint density at radius 1 is 1.41 bits per heavy atom. The summed E-state index contributed by atoms with van der Waals surface area (Å²) in [7, 11) is 0. The average Bonchev–Trinajstić information content (AvgIpc) is 2.98. The van der Waals surface area contributed by atoms with Crippen LogP contribution >= 0.6 is 0 Å². The Hall–Kier alpha value is -1.75. The van der Waals surface area contributed by atoms with E-state index in [0.717, 1.165) is 18.7 Å². The molecule has 0 amide bonds. The SMILES string of the molecule is CC(NC1CCc2ccccc21)c1nn[nH]n1. The zero-order valence-electron chi connectivity index (χ0n) is 9.72. The van der Waals surface area contributed by atoms with Crippen molar-refractivity contribution in [3.05, 3.63) is 41.2 Å². The Morgan fingerprint density at radius 3 is 3.12 bits per heavy atom. The van der Waals surface area contributed by atoms with Gasteiger partial charge in [-0.05, 0) is 30.9 Å². The zero-order valence-corrected chi connectivity index (χ0v) is 9.72. The van der Waals surface area contributed by atoms with Crippen LogP contribution in [-0.4, -0.2) is 20.6 Å². The van der Waals surface area contributed by atoms with Crippen molar-refractivity contribution in [2.24, 2.45) is 0 Å². The van der Waals surface area contributed by atoms with Crippen LogP contribution in [0.5, 0.6) is 0 Å². The maximum atomic E-state index is 4.00. The number of tetrazole rings is 1. The third-order valence-corrected chi connectivity index (χ3v) is 3.33. The Balaban J connectivity index is 1.75. The number of hydrogen-bond acceptors (Lipinski definition) is 4. The van der Waals surface area contributed by atoms with Crippen LogP contribution in [0.15, 0.2) is 24.3 Å². The van der Waals surface area contributed by atoms with E-state index in [0.29, 0.717) is 6.04 Å². The van der Waals surface area contributed by atoms with Gasteiger partial charge in [0.1, 0.15) is 0 Å². The largest absolute Gasteiger partial charge is 0.300 e. The number of benzene rings is 1. The van der Waals surface area contributed by atoms with Gasteiger partial charge in [-0.2, -0.15) is 5.21 Å². The third kappa shape index (κ3) is 1.93. The number of H-pyrrole nitrogens is 1. The molecule has 0 aliphatic heterocycles. The molecule has 0 fully saturated rings. The monoisotopic (exact) mass is 229 g/mol. The van der Waals surface area contributed by atoms with E-state index in [9.17, 15) is 0 Å². The van der Waals surface area contributed by atoms with Crippen molar-refractivity contribution in [2.45, 2.75) is 31.8 Å². The number of fused-ring (bicyclic) bond motifs is 1. The molecule has 1 heterocycles. The number of nitrogens with zero attached hydrogens (tertiary/aromatic N) is 3. The molecule has 88 valence electrons. The second kappa shape index (κ2) is 4.25. The van der Waals surface area contributed by atoms with Gasteiger partial charge in [0.05, 0.1) is 6.04 Å². The summed E-state index contributed by atoms with van der Waals surface area (Å²) < 4.78 is 0. The molecule has 0 saturated carbocycles. The molecule has 2 unspecified atom stereocenters. The van der Waals surface area contributed by atoms with Crippen molar-refractivity contribution in [2.75, 3.05) is 0 Å². The fourth-order valence-corrected chi connectivity index (χ4v) is 2.46. The normalized spacial score (nSPS) is 20.2. The summed E-state index contributed by atoms with van der Waals surface area (Å²) in [5.74, 6) is 0.717. The molecular weight excluding hydrogens is 214 g/mol. The lowest BCUT2D eigenvalue weighted by Gasteiger charge is -2.17. The van der Waals surface area contributed by atoms with Crippen LogP contribution in [0.1, 0.15) is 42.4 Å². The van der Waals surface area contributed by atoms with Gasteiger partial charge < -0.3 is 5.32 Å². The Bertz CT molecular complexity index is 493. The van der Waals surface area contributed by atoms with Crippen LogP contribution in [0.4, 0.5) is 0 Å². The molecule has 2 aromatic rings. The number of aromatic nitrogens is 4. The van der Waals surface area contributed by atoms with E-state index in [4.69, 9.17) is 0 Å². The average molecular weight is 229 g/mol. The summed E-state index contributed by atoms with van der Waals surface area (Å²) in [4.78, 5) is 0. The Labute approximate surface area is 99.6 Å². The van der Waals surface area contributed by atoms with Crippen molar-refractivity contribution in [1.82, 2.24) is 25.9 Å². The van der Waals surface area contributed by atoms with Crippen molar-refractivity contribution in [1.29, 1.82) is 0 Å². The molecule has 1 aliphatic rings. The summed E-state index contributed by atoms with van der Waals surface area (Å²) in [5, 5.41) is 17.6. The van der Waals surface area contributed by atoms with E-state index in [1.54, 1.807) is 0 Å². The maximum Gasteiger partial charge on any atom is 0.191 e. The van der Waals surface area contributed by atoms with Gasteiger partial charge in [0.2, 0.25) is 0 Å². The molecule has 5 nitrogen and oxygen atoms in total. The molecule has 17 heavy (non-hydrogen) atoms. The Morgan fingerprint density at radius 2 is 2.29 bits per heavy atom. The maximum absolute atomic E-state index is 4.00. The van der Waals surface area contributed by atoms with Crippen LogP contribution in [0.2, 0.25) is 0 Å². The summed E-state index contributed by atoms with van der Waals surface area (Å²) in [6.07, 6.45) is 2.29. The first-order valence-corrected chi connectivity index (χ1v) is 5.92. The van der Waals surface area contributed by atoms with Crippen LogP contribution in [0.3, 0.4) is 0 Å². The van der Waals surface area contributed by atoms with E-state index in [1.165, 1.54) is 11.1 Å². The highest BCUT2D eigenvalue weighted by atomic mass is 15.5. The second-order valence-electron chi connectivity index (χ2n) is 4.45. The summed E-state index contributed by atoms with van der Waals surface area (Å²) >= 11 is 0. The lowest BCUT2D eigenvalue weighted by atomic mass is 10.1.